The van der Waals surface area contributed by atoms with Crippen LogP contribution in [0.15, 0.2) is 17.6 Å². The fourth-order valence-electron chi connectivity index (χ4n) is 3.60. The molecular formula is C17H28N4O3S. The number of hydrogen-bond acceptors (Lipinski definition) is 4. The molecule has 0 bridgehead atoms. The Hall–Kier alpha value is -1.41. The normalized spacial score (nSPS) is 23.2. The Kier molecular flexibility index (Phi) is 5.48. The molecule has 0 aromatic carbocycles. The number of amides is 1. The fraction of sp³-hybridized carbons (Fsp3) is 0.765. The predicted molar refractivity (Wildman–Crippen MR) is 94.5 cm³/mol. The molecule has 0 aliphatic carbocycles. The number of carbonyl (C=O) groups is 1. The van der Waals surface area contributed by atoms with E-state index in [1.165, 1.54) is 10.7 Å². The van der Waals surface area contributed by atoms with Crippen LogP contribution in [0.3, 0.4) is 0 Å². The molecule has 1 aromatic rings. The highest BCUT2D eigenvalue weighted by Crippen LogP contribution is 2.25. The van der Waals surface area contributed by atoms with Crippen LogP contribution in [0.2, 0.25) is 0 Å². The van der Waals surface area contributed by atoms with E-state index in [2.05, 4.69) is 4.98 Å². The summed E-state index contributed by atoms with van der Waals surface area (Å²) in [5.41, 5.74) is 0. The van der Waals surface area contributed by atoms with Crippen LogP contribution in [-0.2, 0) is 14.8 Å². The maximum atomic E-state index is 12.9. The number of aromatic nitrogens is 2. The third-order valence-electron chi connectivity index (χ3n) is 5.18. The monoisotopic (exact) mass is 368 g/mol. The SMILES string of the molecule is CC(C)n1cnc(S(=O)(=O)N2CCCC(C(=O)N3CCCCC3)C2)c1. The van der Waals surface area contributed by atoms with Crippen LogP contribution in [0.4, 0.5) is 0 Å². The second-order valence-corrected chi connectivity index (χ2v) is 9.23. The highest BCUT2D eigenvalue weighted by molar-refractivity contribution is 7.89. The van der Waals surface area contributed by atoms with E-state index in [1.54, 1.807) is 17.1 Å². The Morgan fingerprint density at radius 3 is 2.52 bits per heavy atom. The molecule has 1 amide bonds. The highest BCUT2D eigenvalue weighted by Gasteiger charge is 2.36. The first-order chi connectivity index (χ1) is 11.9. The van der Waals surface area contributed by atoms with Crippen molar-refractivity contribution in [1.29, 1.82) is 0 Å². The van der Waals surface area contributed by atoms with Crippen LogP contribution >= 0.6 is 0 Å². The van der Waals surface area contributed by atoms with E-state index < -0.39 is 10.0 Å². The predicted octanol–water partition coefficient (Wildman–Crippen LogP) is 1.88. The van der Waals surface area contributed by atoms with Gasteiger partial charge in [-0.1, -0.05) is 0 Å². The van der Waals surface area contributed by atoms with E-state index in [0.717, 1.165) is 32.4 Å². The summed E-state index contributed by atoms with van der Waals surface area (Å²) in [6, 6.07) is 0.159. The van der Waals surface area contributed by atoms with Crippen LogP contribution in [0.5, 0.6) is 0 Å². The Morgan fingerprint density at radius 1 is 1.16 bits per heavy atom. The van der Waals surface area contributed by atoms with Gasteiger partial charge in [0.05, 0.1) is 12.2 Å². The van der Waals surface area contributed by atoms with Crippen LogP contribution < -0.4 is 0 Å². The molecule has 0 saturated carbocycles. The molecule has 0 N–H and O–H groups in total. The van der Waals surface area contributed by atoms with Gasteiger partial charge in [-0.25, -0.2) is 13.4 Å². The fourth-order valence-corrected chi connectivity index (χ4v) is 5.05. The van der Waals surface area contributed by atoms with Gasteiger partial charge in [0, 0.05) is 38.4 Å². The molecule has 8 heteroatoms. The van der Waals surface area contributed by atoms with E-state index in [9.17, 15) is 13.2 Å². The van der Waals surface area contributed by atoms with Gasteiger partial charge in [0.25, 0.3) is 10.0 Å². The Balaban J connectivity index is 1.72. The van der Waals surface area contributed by atoms with Crippen molar-refractivity contribution in [3.05, 3.63) is 12.5 Å². The molecule has 2 aliphatic rings. The van der Waals surface area contributed by atoms with Gasteiger partial charge in [0.2, 0.25) is 5.91 Å². The maximum absolute atomic E-state index is 12.9. The van der Waals surface area contributed by atoms with Crippen molar-refractivity contribution in [2.75, 3.05) is 26.2 Å². The minimum Gasteiger partial charge on any atom is -0.342 e. The number of hydrogen-bond donors (Lipinski definition) is 0. The molecule has 1 unspecified atom stereocenters. The van der Waals surface area contributed by atoms with Crippen LogP contribution in [0.25, 0.3) is 0 Å². The van der Waals surface area contributed by atoms with Crippen LogP contribution in [0.1, 0.15) is 52.0 Å². The van der Waals surface area contributed by atoms with Gasteiger partial charge in [-0.2, -0.15) is 4.31 Å². The molecule has 140 valence electrons. The van der Waals surface area contributed by atoms with Gasteiger partial charge in [-0.3, -0.25) is 4.79 Å². The average Bonchev–Trinajstić information content (AvgIpc) is 3.13. The first kappa shape index (κ1) is 18.4. The zero-order valence-electron chi connectivity index (χ0n) is 15.1. The maximum Gasteiger partial charge on any atom is 0.262 e. The number of imidazole rings is 1. The van der Waals surface area contributed by atoms with Gasteiger partial charge in [0.1, 0.15) is 0 Å². The van der Waals surface area contributed by atoms with Crippen molar-refractivity contribution in [1.82, 2.24) is 18.8 Å². The summed E-state index contributed by atoms with van der Waals surface area (Å²) in [6.45, 7) is 6.30. The molecule has 2 aliphatic heterocycles. The van der Waals surface area contributed by atoms with Crippen LogP contribution in [0, 0.1) is 5.92 Å². The van der Waals surface area contributed by atoms with E-state index in [1.807, 2.05) is 18.7 Å². The third kappa shape index (κ3) is 3.89. The van der Waals surface area contributed by atoms with E-state index in [0.29, 0.717) is 13.0 Å². The topological polar surface area (TPSA) is 75.5 Å². The first-order valence-corrected chi connectivity index (χ1v) is 10.7. The lowest BCUT2D eigenvalue weighted by Gasteiger charge is -2.35. The Labute approximate surface area is 150 Å². The zero-order chi connectivity index (χ0) is 18.0. The van der Waals surface area contributed by atoms with E-state index >= 15 is 0 Å². The molecule has 2 fully saturated rings. The second kappa shape index (κ2) is 7.45. The standard InChI is InChI=1S/C17H28N4O3S/c1-14(2)20-12-16(18-13-20)25(23,24)21-10-6-7-15(11-21)17(22)19-8-4-3-5-9-19/h12-15H,3-11H2,1-2H3. The van der Waals surface area contributed by atoms with Gasteiger partial charge in [0.15, 0.2) is 5.03 Å². The lowest BCUT2D eigenvalue weighted by molar-refractivity contribution is -0.137. The quantitative estimate of drug-likeness (QED) is 0.813. The molecule has 0 radical (unpaired) electrons. The molecular weight excluding hydrogens is 340 g/mol. The van der Waals surface area contributed by atoms with E-state index in [4.69, 9.17) is 0 Å². The summed E-state index contributed by atoms with van der Waals surface area (Å²) >= 11 is 0. The van der Waals surface area contributed by atoms with Crippen molar-refractivity contribution in [3.8, 4) is 0 Å². The van der Waals surface area contributed by atoms with Crippen molar-refractivity contribution in [3.63, 3.8) is 0 Å². The molecule has 25 heavy (non-hydrogen) atoms. The van der Waals surface area contributed by atoms with E-state index in [-0.39, 0.29) is 29.4 Å². The van der Waals surface area contributed by atoms with Gasteiger partial charge in [-0.05, 0) is 46.0 Å². The zero-order valence-corrected chi connectivity index (χ0v) is 15.9. The summed E-state index contributed by atoms with van der Waals surface area (Å²) in [4.78, 5) is 18.7. The molecule has 3 rings (SSSR count). The molecule has 1 atom stereocenters. The number of carbonyl (C=O) groups excluding carboxylic acids is 1. The molecule has 0 spiro atoms. The number of piperidine rings is 2. The molecule has 3 heterocycles. The number of rotatable bonds is 4. The minimum atomic E-state index is -3.64. The third-order valence-corrected chi connectivity index (χ3v) is 6.93. The lowest BCUT2D eigenvalue weighted by Crippen LogP contribution is -2.47. The smallest absolute Gasteiger partial charge is 0.262 e. The Bertz CT molecular complexity index is 707. The van der Waals surface area contributed by atoms with Crippen molar-refractivity contribution < 1.29 is 13.2 Å². The molecule has 1 aromatic heterocycles. The van der Waals surface area contributed by atoms with Crippen molar-refractivity contribution >= 4 is 15.9 Å². The Morgan fingerprint density at radius 2 is 1.88 bits per heavy atom. The lowest BCUT2D eigenvalue weighted by atomic mass is 9.97. The van der Waals surface area contributed by atoms with Gasteiger partial charge >= 0.3 is 0 Å². The van der Waals surface area contributed by atoms with Crippen molar-refractivity contribution in [2.45, 2.75) is 57.0 Å². The highest BCUT2D eigenvalue weighted by atomic mass is 32.2. The van der Waals surface area contributed by atoms with Crippen LogP contribution in [-0.4, -0.2) is 59.3 Å². The summed E-state index contributed by atoms with van der Waals surface area (Å²) in [6.07, 6.45) is 7.89. The van der Waals surface area contributed by atoms with Gasteiger partial charge in [-0.15, -0.1) is 0 Å². The largest absolute Gasteiger partial charge is 0.342 e. The summed E-state index contributed by atoms with van der Waals surface area (Å²) in [5.74, 6) is -0.110. The average molecular weight is 369 g/mol. The number of nitrogens with zero attached hydrogens (tertiary/aromatic N) is 4. The summed E-state index contributed by atoms with van der Waals surface area (Å²) < 4.78 is 29.0. The van der Waals surface area contributed by atoms with Gasteiger partial charge < -0.3 is 9.47 Å². The number of sulfonamides is 1. The summed E-state index contributed by atoms with van der Waals surface area (Å²) in [5, 5.41) is 0.0762. The number of likely N-dealkylation sites (tertiary alicyclic amines) is 1. The first-order valence-electron chi connectivity index (χ1n) is 9.22. The van der Waals surface area contributed by atoms with Crippen molar-refractivity contribution in [2.24, 2.45) is 5.92 Å². The minimum absolute atomic E-state index is 0.0762. The summed E-state index contributed by atoms with van der Waals surface area (Å²) in [7, 11) is -3.64. The molecule has 2 saturated heterocycles. The second-order valence-electron chi connectivity index (χ2n) is 7.34. The molecule has 7 nitrogen and oxygen atoms in total.